The number of ether oxygens (including phenoxy) is 2. The minimum absolute atomic E-state index is 0.303. The lowest BCUT2D eigenvalue weighted by atomic mass is 9.67. The van der Waals surface area contributed by atoms with Crippen molar-refractivity contribution in [1.29, 1.82) is 10.5 Å². The Morgan fingerprint density at radius 2 is 2.18 bits per heavy atom. The Hall–Kier alpha value is -2.08. The highest BCUT2D eigenvalue weighted by Gasteiger charge is 2.77. The summed E-state index contributed by atoms with van der Waals surface area (Å²) in [4.78, 5) is 24.5. The van der Waals surface area contributed by atoms with Crippen molar-refractivity contribution >= 4 is 11.9 Å². The van der Waals surface area contributed by atoms with Crippen LogP contribution in [0.2, 0.25) is 0 Å². The minimum atomic E-state index is -1.37. The molecule has 1 saturated heterocycles. The van der Waals surface area contributed by atoms with E-state index in [1.54, 1.807) is 13.8 Å². The summed E-state index contributed by atoms with van der Waals surface area (Å²) in [5.74, 6) is -2.40. The van der Waals surface area contributed by atoms with E-state index in [2.05, 4.69) is 6.07 Å². The molecule has 116 valence electrons. The summed E-state index contributed by atoms with van der Waals surface area (Å²) in [6, 6.07) is 4.12. The molecule has 0 aromatic carbocycles. The van der Waals surface area contributed by atoms with Crippen molar-refractivity contribution in [3.05, 3.63) is 0 Å². The van der Waals surface area contributed by atoms with Crippen molar-refractivity contribution in [3.8, 4) is 12.1 Å². The Balaban J connectivity index is 1.91. The summed E-state index contributed by atoms with van der Waals surface area (Å²) in [7, 11) is 0. The first-order valence-corrected chi connectivity index (χ1v) is 7.56. The molecule has 0 radical (unpaired) electrons. The van der Waals surface area contributed by atoms with Crippen LogP contribution in [0.1, 0.15) is 33.6 Å². The molecule has 2 saturated carbocycles. The first kappa shape index (κ1) is 14.8. The Labute approximate surface area is 129 Å². The van der Waals surface area contributed by atoms with Gasteiger partial charge in [-0.3, -0.25) is 9.59 Å². The van der Waals surface area contributed by atoms with Gasteiger partial charge in [0.05, 0.1) is 23.5 Å². The van der Waals surface area contributed by atoms with E-state index < -0.39 is 34.9 Å². The Bertz CT molecular complexity index is 629. The van der Waals surface area contributed by atoms with E-state index >= 15 is 0 Å². The fraction of sp³-hybridized carbons (Fsp3) is 0.750. The highest BCUT2D eigenvalue weighted by atomic mass is 16.6. The third-order valence-corrected chi connectivity index (χ3v) is 5.76. The van der Waals surface area contributed by atoms with Gasteiger partial charge in [-0.25, -0.2) is 0 Å². The summed E-state index contributed by atoms with van der Waals surface area (Å²) >= 11 is 0. The first-order chi connectivity index (χ1) is 10.3. The standard InChI is InChI=1S/C16H18N2O4/c1-4-15(2,3)13(19)21-11-8-5-9-12(11)22-14(20)16(9,7-18)10(8)6-17/h8-12H,4-5H2,1-3H3. The average molecular weight is 302 g/mol. The molecule has 0 aromatic heterocycles. The largest absolute Gasteiger partial charge is 0.458 e. The van der Waals surface area contributed by atoms with Crippen LogP contribution >= 0.6 is 0 Å². The maximum Gasteiger partial charge on any atom is 0.328 e. The maximum absolute atomic E-state index is 12.3. The molecule has 6 unspecified atom stereocenters. The van der Waals surface area contributed by atoms with Gasteiger partial charge in [0.2, 0.25) is 0 Å². The average Bonchev–Trinajstić information content (AvgIpc) is 3.07. The highest BCUT2D eigenvalue weighted by molar-refractivity contribution is 5.86. The van der Waals surface area contributed by atoms with Crippen LogP contribution in [0.15, 0.2) is 0 Å². The molecule has 2 aliphatic carbocycles. The molecule has 6 heteroatoms. The highest BCUT2D eigenvalue weighted by Crippen LogP contribution is 2.65. The topological polar surface area (TPSA) is 100 Å². The van der Waals surface area contributed by atoms with Gasteiger partial charge in [-0.2, -0.15) is 10.5 Å². The van der Waals surface area contributed by atoms with Crippen molar-refractivity contribution in [2.75, 3.05) is 0 Å². The SMILES string of the molecule is CCC(C)(C)C(=O)OC1C2CC3C1OC(=O)C3(C#N)C2C#N. The van der Waals surface area contributed by atoms with Crippen LogP contribution in [-0.4, -0.2) is 24.1 Å². The van der Waals surface area contributed by atoms with Gasteiger partial charge in [-0.05, 0) is 26.7 Å². The molecule has 1 aliphatic heterocycles. The fourth-order valence-electron chi connectivity index (χ4n) is 4.00. The van der Waals surface area contributed by atoms with Crippen molar-refractivity contribution in [3.63, 3.8) is 0 Å². The molecule has 3 fully saturated rings. The van der Waals surface area contributed by atoms with Gasteiger partial charge in [-0.1, -0.05) is 6.92 Å². The third kappa shape index (κ3) is 1.53. The molecule has 3 aliphatic rings. The predicted molar refractivity (Wildman–Crippen MR) is 72.6 cm³/mol. The zero-order chi connectivity index (χ0) is 16.3. The van der Waals surface area contributed by atoms with Gasteiger partial charge in [0.15, 0.2) is 5.41 Å². The second-order valence-corrected chi connectivity index (χ2v) is 7.07. The summed E-state index contributed by atoms with van der Waals surface area (Å²) in [6.07, 6.45) is -0.0487. The monoisotopic (exact) mass is 302 g/mol. The van der Waals surface area contributed by atoms with Gasteiger partial charge in [0.1, 0.15) is 12.2 Å². The van der Waals surface area contributed by atoms with Crippen LogP contribution in [0.25, 0.3) is 0 Å². The lowest BCUT2D eigenvalue weighted by molar-refractivity contribution is -0.171. The normalized spacial score (nSPS) is 41.7. The summed E-state index contributed by atoms with van der Waals surface area (Å²) in [5, 5.41) is 18.9. The molecule has 3 rings (SSSR count). The van der Waals surface area contributed by atoms with E-state index in [0.29, 0.717) is 12.8 Å². The van der Waals surface area contributed by atoms with Crippen LogP contribution in [0.4, 0.5) is 0 Å². The number of nitriles is 2. The number of hydrogen-bond donors (Lipinski definition) is 0. The minimum Gasteiger partial charge on any atom is -0.458 e. The number of carbonyl (C=O) groups excluding carboxylic acids is 2. The maximum atomic E-state index is 12.3. The van der Waals surface area contributed by atoms with Gasteiger partial charge < -0.3 is 9.47 Å². The molecule has 0 amide bonds. The van der Waals surface area contributed by atoms with Crippen LogP contribution in [0.3, 0.4) is 0 Å². The third-order valence-electron chi connectivity index (χ3n) is 5.76. The van der Waals surface area contributed by atoms with Gasteiger partial charge >= 0.3 is 11.9 Å². The number of carbonyl (C=O) groups is 2. The van der Waals surface area contributed by atoms with Gasteiger partial charge in [0, 0.05) is 11.8 Å². The van der Waals surface area contributed by atoms with Crippen molar-refractivity contribution in [1.82, 2.24) is 0 Å². The van der Waals surface area contributed by atoms with Gasteiger partial charge in [0.25, 0.3) is 0 Å². The van der Waals surface area contributed by atoms with Gasteiger partial charge in [-0.15, -0.1) is 0 Å². The quantitative estimate of drug-likeness (QED) is 0.733. The number of fused-ring (bicyclic) bond motifs is 1. The van der Waals surface area contributed by atoms with Crippen LogP contribution < -0.4 is 0 Å². The van der Waals surface area contributed by atoms with Crippen molar-refractivity contribution in [2.45, 2.75) is 45.8 Å². The van der Waals surface area contributed by atoms with E-state index in [1.165, 1.54) is 0 Å². The lowest BCUT2D eigenvalue weighted by Gasteiger charge is -2.33. The lowest BCUT2D eigenvalue weighted by Crippen LogP contribution is -2.46. The van der Waals surface area contributed by atoms with E-state index in [-0.39, 0.29) is 17.8 Å². The molecule has 0 aromatic rings. The van der Waals surface area contributed by atoms with Crippen LogP contribution in [0.5, 0.6) is 0 Å². The molecule has 6 atom stereocenters. The number of esters is 2. The Kier molecular flexibility index (Phi) is 3.01. The second kappa shape index (κ2) is 4.46. The second-order valence-electron chi connectivity index (χ2n) is 7.07. The number of rotatable bonds is 3. The predicted octanol–water partition coefficient (Wildman–Crippen LogP) is 1.56. The smallest absolute Gasteiger partial charge is 0.328 e. The molecular weight excluding hydrogens is 284 g/mol. The molecular formula is C16H18N2O4. The molecule has 0 N–H and O–H groups in total. The molecule has 22 heavy (non-hydrogen) atoms. The molecule has 2 bridgehead atoms. The van der Waals surface area contributed by atoms with E-state index in [9.17, 15) is 20.1 Å². The first-order valence-electron chi connectivity index (χ1n) is 7.56. The van der Waals surface area contributed by atoms with E-state index in [1.807, 2.05) is 13.0 Å². The summed E-state index contributed by atoms with van der Waals surface area (Å²) < 4.78 is 11.0. The van der Waals surface area contributed by atoms with Crippen molar-refractivity contribution < 1.29 is 19.1 Å². The molecule has 6 nitrogen and oxygen atoms in total. The fourth-order valence-corrected chi connectivity index (χ4v) is 4.00. The Morgan fingerprint density at radius 3 is 2.73 bits per heavy atom. The molecule has 1 heterocycles. The zero-order valence-corrected chi connectivity index (χ0v) is 12.8. The summed E-state index contributed by atoms with van der Waals surface area (Å²) in [5.41, 5.74) is -1.99. The zero-order valence-electron chi connectivity index (χ0n) is 12.8. The Morgan fingerprint density at radius 1 is 1.50 bits per heavy atom. The number of nitrogens with zero attached hydrogens (tertiary/aromatic N) is 2. The number of hydrogen-bond acceptors (Lipinski definition) is 6. The van der Waals surface area contributed by atoms with Crippen LogP contribution in [-0.2, 0) is 19.1 Å². The van der Waals surface area contributed by atoms with E-state index in [4.69, 9.17) is 9.47 Å². The molecule has 0 spiro atoms. The van der Waals surface area contributed by atoms with Crippen molar-refractivity contribution in [2.24, 2.45) is 28.6 Å². The van der Waals surface area contributed by atoms with E-state index in [0.717, 1.165) is 0 Å². The van der Waals surface area contributed by atoms with Crippen LogP contribution in [0, 0.1) is 51.2 Å². The summed E-state index contributed by atoms with van der Waals surface area (Å²) in [6.45, 7) is 5.49.